The highest BCUT2D eigenvalue weighted by Gasteiger charge is 2.26. The Morgan fingerprint density at radius 2 is 0.815 bits per heavy atom. The summed E-state index contributed by atoms with van der Waals surface area (Å²) in [4.78, 5) is 80.4. The Labute approximate surface area is 419 Å². The summed E-state index contributed by atoms with van der Waals surface area (Å²) in [5.41, 5.74) is -0.580. The van der Waals surface area contributed by atoms with Crippen LogP contribution in [0.5, 0.6) is 0 Å². The van der Waals surface area contributed by atoms with Crippen LogP contribution in [-0.4, -0.2) is 197 Å². The van der Waals surface area contributed by atoms with Gasteiger partial charge in [-0.2, -0.15) is 13.2 Å². The first kappa shape index (κ1) is 60.5. The van der Waals surface area contributed by atoms with Crippen LogP contribution in [0.2, 0.25) is 0 Å². The van der Waals surface area contributed by atoms with Gasteiger partial charge in [-0.1, -0.05) is 100 Å². The highest BCUT2D eigenvalue weighted by molar-refractivity contribution is 8.77. The molecule has 24 heteroatoms. The Kier molecular flexibility index (Phi) is 35.5. The monoisotopic (exact) mass is 1080 g/mol. The van der Waals surface area contributed by atoms with Crippen molar-refractivity contribution < 1.29 is 48.0 Å². The number of alkyl halides is 3. The molecule has 0 atom stereocenters. The molecule has 0 bridgehead atoms. The van der Waals surface area contributed by atoms with Crippen LogP contribution in [0.15, 0.2) is 0 Å². The molecule has 13 nitrogen and oxygen atoms in total. The van der Waals surface area contributed by atoms with Crippen LogP contribution in [0.3, 0.4) is 0 Å². The zero-order valence-electron chi connectivity index (χ0n) is 39.6. The molecule has 4 fully saturated rings. The topological polar surface area (TPSA) is 140 Å². The number of nitrogens with one attached hydrogen (secondary N) is 1. The smallest absolute Gasteiger partial charge is 0.444 e. The van der Waals surface area contributed by atoms with E-state index >= 15 is 0 Å². The number of hydrogen-bond acceptors (Lipinski definition) is 16. The molecule has 0 aromatic rings. The van der Waals surface area contributed by atoms with Gasteiger partial charge >= 0.3 is 12.3 Å². The van der Waals surface area contributed by atoms with E-state index in [4.69, 9.17) is 10.9 Å². The van der Waals surface area contributed by atoms with Crippen molar-refractivity contribution in [3.63, 3.8) is 0 Å². The van der Waals surface area contributed by atoms with Crippen LogP contribution in [0.1, 0.15) is 87.3 Å². The first-order chi connectivity index (χ1) is 31.5. The van der Waals surface area contributed by atoms with Crippen molar-refractivity contribution in [2.45, 2.75) is 97.7 Å². The number of aldehydes is 1. The van der Waals surface area contributed by atoms with Gasteiger partial charge in [0.1, 0.15) is 5.60 Å². The minimum Gasteiger partial charge on any atom is -0.444 e. The van der Waals surface area contributed by atoms with Gasteiger partial charge < -0.3 is 34.6 Å². The lowest BCUT2D eigenvalue weighted by Crippen LogP contribution is -2.39. The molecule has 4 heterocycles. The SMILES string of the molecule is CC(C)(C)OC(=O)N(CCCC(=O)N1CCSSCC1)CCCC(=O)N1CCSSCC1.O=C(CCCNCCCC(=O)N1CCSSCC1)N1CCSSCC1.O=CC(F)(F)F.[2H]CC. The van der Waals surface area contributed by atoms with Crippen LogP contribution >= 0.6 is 86.4 Å². The molecule has 0 aliphatic carbocycles. The van der Waals surface area contributed by atoms with Gasteiger partial charge in [-0.05, 0) is 59.5 Å². The van der Waals surface area contributed by atoms with Crippen molar-refractivity contribution in [2.75, 3.05) is 125 Å². The van der Waals surface area contributed by atoms with Crippen molar-refractivity contribution in [2.24, 2.45) is 0 Å². The first-order valence-electron chi connectivity index (χ1n) is 22.8. The van der Waals surface area contributed by atoms with E-state index in [0.29, 0.717) is 58.5 Å². The van der Waals surface area contributed by atoms with Crippen molar-refractivity contribution >= 4 is 122 Å². The Hall–Kier alpha value is -0.630. The van der Waals surface area contributed by atoms with Gasteiger partial charge in [0.05, 0.1) is 0 Å². The van der Waals surface area contributed by atoms with E-state index < -0.39 is 18.1 Å². The maximum Gasteiger partial charge on any atom is 0.446 e. The fraction of sp³-hybridized carbons (Fsp3) is 0.854. The van der Waals surface area contributed by atoms with Gasteiger partial charge in [-0.25, -0.2) is 4.79 Å². The Morgan fingerprint density at radius 1 is 0.569 bits per heavy atom. The molecule has 0 unspecified atom stereocenters. The third-order valence-corrected chi connectivity index (χ3v) is 18.7. The minimum atomic E-state index is -4.64. The maximum absolute atomic E-state index is 12.7. The first-order valence-corrected chi connectivity index (χ1v) is 32.1. The summed E-state index contributed by atoms with van der Waals surface area (Å²) >= 11 is 0. The second-order valence-electron chi connectivity index (χ2n) is 15.4. The highest BCUT2D eigenvalue weighted by atomic mass is 33.1. The summed E-state index contributed by atoms with van der Waals surface area (Å²) < 4.78 is 43.0. The summed E-state index contributed by atoms with van der Waals surface area (Å²) in [7, 11) is 14.7. The molecule has 4 rings (SSSR count). The zero-order valence-corrected chi connectivity index (χ0v) is 45.1. The predicted octanol–water partition coefficient (Wildman–Crippen LogP) is 8.59. The van der Waals surface area contributed by atoms with E-state index in [9.17, 15) is 37.1 Å². The van der Waals surface area contributed by atoms with Crippen LogP contribution in [0, 0.1) is 0 Å². The molecule has 1 N–H and O–H groups in total. The molecule has 65 heavy (non-hydrogen) atoms. The normalized spacial score (nSPS) is 17.6. The average Bonchev–Trinajstić information content (AvgIpc) is 3.91. The largest absolute Gasteiger partial charge is 0.446 e. The van der Waals surface area contributed by atoms with E-state index in [1.54, 1.807) is 11.8 Å². The molecule has 0 spiro atoms. The zero-order chi connectivity index (χ0) is 49.1. The number of ether oxygens (including phenoxy) is 1. The number of hydrogen-bond donors (Lipinski definition) is 1. The molecule has 4 aliphatic heterocycles. The third kappa shape index (κ3) is 32.7. The lowest BCUT2D eigenvalue weighted by atomic mass is 10.2. The van der Waals surface area contributed by atoms with Gasteiger partial charge in [-0.15, -0.1) is 0 Å². The minimum absolute atomic E-state index is 0.157. The number of rotatable bonds is 16. The number of halogens is 3. The standard InChI is InChI=1S/C21H37N3O4S4.C16H29N3O2S4.C2HF3O.C2H6/c1-21(2,3)28-20(27)24(8-4-6-18(25)22-10-14-29-30-15-11-22)9-5-7-19(26)23-12-16-31-32-17-13-23;20-15(18-7-11-22-23-12-8-18)3-1-5-17-6-2-4-16(21)19-9-13-24-25-14-10-19;3-2(4,5)1-6;1-2/h4-17H2,1-3H3;17H,1-14H2;1H;1-2H3/i;;;1D. The Balaban J connectivity index is 0.000000568. The number of carbonyl (C=O) groups is 6. The van der Waals surface area contributed by atoms with E-state index in [1.807, 2.05) is 127 Å². The van der Waals surface area contributed by atoms with Gasteiger partial charge in [-0.3, -0.25) is 24.0 Å². The van der Waals surface area contributed by atoms with E-state index in [0.717, 1.165) is 124 Å². The second kappa shape index (κ2) is 38.2. The number of nitrogens with zero attached hydrogens (tertiary/aromatic N) is 5. The summed E-state index contributed by atoms with van der Waals surface area (Å²) in [5, 5.41) is 3.37. The van der Waals surface area contributed by atoms with Crippen LogP contribution in [0.4, 0.5) is 18.0 Å². The fourth-order valence-corrected chi connectivity index (χ4v) is 14.0. The molecule has 0 saturated carbocycles. The van der Waals surface area contributed by atoms with Gasteiger partial charge in [0.15, 0.2) is 0 Å². The van der Waals surface area contributed by atoms with Gasteiger partial charge in [0.2, 0.25) is 29.9 Å². The lowest BCUT2D eigenvalue weighted by Gasteiger charge is -2.28. The number of amides is 5. The van der Waals surface area contributed by atoms with Crippen LogP contribution < -0.4 is 5.32 Å². The third-order valence-electron chi connectivity index (χ3n) is 9.21. The molecule has 4 saturated heterocycles. The summed E-state index contributed by atoms with van der Waals surface area (Å²) in [6.45, 7) is 17.2. The second-order valence-corrected chi connectivity index (χ2v) is 26.2. The lowest BCUT2D eigenvalue weighted by molar-refractivity contribution is -0.156. The van der Waals surface area contributed by atoms with Crippen molar-refractivity contribution in [3.8, 4) is 0 Å². The molecule has 0 aromatic carbocycles. The Morgan fingerprint density at radius 3 is 1.05 bits per heavy atom. The maximum atomic E-state index is 12.7. The molecular formula is C41H73F3N6O7S8. The predicted molar refractivity (Wildman–Crippen MR) is 277 cm³/mol. The van der Waals surface area contributed by atoms with Gasteiger partial charge in [0, 0.05) is 139 Å². The number of carbonyl (C=O) groups excluding carboxylic acids is 6. The molecule has 4 aliphatic rings. The Bertz CT molecular complexity index is 1280. The summed E-state index contributed by atoms with van der Waals surface area (Å²) in [6, 6.07) is 0. The molecule has 378 valence electrons. The van der Waals surface area contributed by atoms with Gasteiger partial charge in [0.25, 0.3) is 0 Å². The molecule has 5 amide bonds. The average molecular weight is 1080 g/mol. The molecular weight excluding hydrogens is 1000 g/mol. The van der Waals surface area contributed by atoms with Crippen molar-refractivity contribution in [1.29, 1.82) is 0 Å². The summed E-state index contributed by atoms with van der Waals surface area (Å²) in [5.74, 6) is 8.89. The van der Waals surface area contributed by atoms with Crippen LogP contribution in [-0.2, 0) is 28.7 Å². The van der Waals surface area contributed by atoms with Crippen LogP contribution in [0.25, 0.3) is 0 Å². The molecule has 0 aromatic heterocycles. The molecule has 0 radical (unpaired) electrons. The van der Waals surface area contributed by atoms with E-state index in [1.165, 1.54) is 0 Å². The van der Waals surface area contributed by atoms with Crippen molar-refractivity contribution in [3.05, 3.63) is 0 Å². The van der Waals surface area contributed by atoms with Crippen molar-refractivity contribution in [1.82, 2.24) is 29.8 Å². The van der Waals surface area contributed by atoms with E-state index in [-0.39, 0.29) is 29.7 Å². The fourth-order valence-electron chi connectivity index (χ4n) is 6.05. The van der Waals surface area contributed by atoms with E-state index in [2.05, 4.69) is 5.32 Å². The quantitative estimate of drug-likeness (QED) is 0.0896. The highest BCUT2D eigenvalue weighted by Crippen LogP contribution is 2.27. The summed E-state index contributed by atoms with van der Waals surface area (Å²) in [6.07, 6.45) is -1.00.